The van der Waals surface area contributed by atoms with Crippen LogP contribution in [0.1, 0.15) is 23.1 Å². The molecule has 5 heteroatoms. The first-order valence-corrected chi connectivity index (χ1v) is 6.04. The summed E-state index contributed by atoms with van der Waals surface area (Å²) in [6, 6.07) is 5.45. The molecule has 2 rings (SSSR count). The number of nitrogens with zero attached hydrogens (tertiary/aromatic N) is 1. The van der Waals surface area contributed by atoms with Gasteiger partial charge in [0.15, 0.2) is 4.67 Å². The Labute approximate surface area is 108 Å². The molecule has 2 atom stereocenters. The number of aliphatic hydroxyl groups excluding tert-OH is 1. The number of aromatic nitrogens is 1. The Hall–Kier alpha value is -1.17. The third-order valence-electron chi connectivity index (χ3n) is 2.73. The standard InChI is InChI=1S/C12H13BrN2O2/c13-12-9(3-6-17-12)11(16)10(7-14)8-1-4-15-5-2-8/h1-6,10-11,16H,7,14H2. The monoisotopic (exact) mass is 296 g/mol. The summed E-state index contributed by atoms with van der Waals surface area (Å²) in [4.78, 5) is 3.95. The second-order valence-electron chi connectivity index (χ2n) is 3.72. The number of hydrogen-bond acceptors (Lipinski definition) is 4. The van der Waals surface area contributed by atoms with Gasteiger partial charge in [-0.2, -0.15) is 0 Å². The van der Waals surface area contributed by atoms with Gasteiger partial charge in [-0.3, -0.25) is 4.98 Å². The maximum atomic E-state index is 10.3. The minimum Gasteiger partial charge on any atom is -0.457 e. The lowest BCUT2D eigenvalue weighted by Crippen LogP contribution is -2.20. The van der Waals surface area contributed by atoms with Crippen molar-refractivity contribution in [3.05, 3.63) is 52.7 Å². The molecule has 2 aromatic rings. The number of hydrogen-bond donors (Lipinski definition) is 2. The second-order valence-corrected chi connectivity index (χ2v) is 4.44. The first-order chi connectivity index (χ1) is 8.24. The van der Waals surface area contributed by atoms with Crippen LogP contribution in [0.25, 0.3) is 0 Å². The lowest BCUT2D eigenvalue weighted by atomic mass is 9.91. The molecule has 0 bridgehead atoms. The summed E-state index contributed by atoms with van der Waals surface area (Å²) in [6.07, 6.45) is 4.21. The average molecular weight is 297 g/mol. The number of nitrogens with two attached hydrogens (primary N) is 1. The first-order valence-electron chi connectivity index (χ1n) is 5.25. The molecule has 0 radical (unpaired) electrons. The normalized spacial score (nSPS) is 14.5. The average Bonchev–Trinajstić information content (AvgIpc) is 2.77. The highest BCUT2D eigenvalue weighted by atomic mass is 79.9. The van der Waals surface area contributed by atoms with E-state index < -0.39 is 6.10 Å². The lowest BCUT2D eigenvalue weighted by Gasteiger charge is -2.21. The number of aliphatic hydroxyl groups is 1. The number of pyridine rings is 1. The molecule has 3 N–H and O–H groups in total. The van der Waals surface area contributed by atoms with Gasteiger partial charge in [-0.1, -0.05) is 0 Å². The van der Waals surface area contributed by atoms with Crippen LogP contribution < -0.4 is 5.73 Å². The molecular weight excluding hydrogens is 284 g/mol. The van der Waals surface area contributed by atoms with Crippen molar-refractivity contribution in [2.75, 3.05) is 6.54 Å². The summed E-state index contributed by atoms with van der Waals surface area (Å²) in [5, 5.41) is 10.3. The molecule has 0 aliphatic heterocycles. The van der Waals surface area contributed by atoms with Gasteiger partial charge in [0.2, 0.25) is 0 Å². The Morgan fingerprint density at radius 2 is 2.06 bits per heavy atom. The van der Waals surface area contributed by atoms with Crippen LogP contribution in [0.4, 0.5) is 0 Å². The third kappa shape index (κ3) is 2.57. The van der Waals surface area contributed by atoms with E-state index in [1.807, 2.05) is 12.1 Å². The summed E-state index contributed by atoms with van der Waals surface area (Å²) < 4.78 is 5.66. The van der Waals surface area contributed by atoms with Crippen LogP contribution in [-0.4, -0.2) is 16.6 Å². The molecular formula is C12H13BrN2O2. The molecule has 17 heavy (non-hydrogen) atoms. The Balaban J connectivity index is 2.28. The van der Waals surface area contributed by atoms with E-state index in [-0.39, 0.29) is 5.92 Å². The molecule has 0 aromatic carbocycles. The topological polar surface area (TPSA) is 72.3 Å². The van der Waals surface area contributed by atoms with Crippen LogP contribution in [-0.2, 0) is 0 Å². The Bertz CT molecular complexity index is 472. The fourth-order valence-electron chi connectivity index (χ4n) is 1.79. The quantitative estimate of drug-likeness (QED) is 0.907. The predicted octanol–water partition coefficient (Wildman–Crippen LogP) is 2.21. The van der Waals surface area contributed by atoms with Gasteiger partial charge in [0, 0.05) is 30.4 Å². The molecule has 90 valence electrons. The SMILES string of the molecule is NCC(c1ccncc1)C(O)c1ccoc1Br. The van der Waals surface area contributed by atoms with Crippen LogP contribution in [0.2, 0.25) is 0 Å². The van der Waals surface area contributed by atoms with Gasteiger partial charge in [0.05, 0.1) is 12.4 Å². The number of furan rings is 1. The van der Waals surface area contributed by atoms with Crippen molar-refractivity contribution in [2.45, 2.75) is 12.0 Å². The molecule has 0 amide bonds. The summed E-state index contributed by atoms with van der Waals surface area (Å²) >= 11 is 3.26. The van der Waals surface area contributed by atoms with Crippen LogP contribution in [0.15, 0.2) is 45.9 Å². The van der Waals surface area contributed by atoms with E-state index in [1.54, 1.807) is 18.5 Å². The largest absolute Gasteiger partial charge is 0.457 e. The smallest absolute Gasteiger partial charge is 0.174 e. The maximum absolute atomic E-state index is 10.3. The van der Waals surface area contributed by atoms with E-state index in [0.29, 0.717) is 16.8 Å². The Morgan fingerprint density at radius 1 is 1.35 bits per heavy atom. The highest BCUT2D eigenvalue weighted by molar-refractivity contribution is 9.10. The predicted molar refractivity (Wildman–Crippen MR) is 67.4 cm³/mol. The molecule has 2 heterocycles. The van der Waals surface area contributed by atoms with E-state index in [9.17, 15) is 5.11 Å². The highest BCUT2D eigenvalue weighted by Gasteiger charge is 2.24. The molecule has 0 saturated carbocycles. The number of rotatable bonds is 4. The van der Waals surface area contributed by atoms with Crippen molar-refractivity contribution < 1.29 is 9.52 Å². The van der Waals surface area contributed by atoms with E-state index in [1.165, 1.54) is 6.26 Å². The first kappa shape index (κ1) is 12.3. The molecule has 0 aliphatic rings. The van der Waals surface area contributed by atoms with Gasteiger partial charge in [-0.05, 0) is 39.7 Å². The maximum Gasteiger partial charge on any atom is 0.174 e. The Morgan fingerprint density at radius 3 is 2.59 bits per heavy atom. The zero-order valence-corrected chi connectivity index (χ0v) is 10.7. The minimum atomic E-state index is -0.699. The number of halogens is 1. The van der Waals surface area contributed by atoms with Crippen molar-refractivity contribution in [1.82, 2.24) is 4.98 Å². The molecule has 0 spiro atoms. The molecule has 0 aliphatic carbocycles. The van der Waals surface area contributed by atoms with Crippen LogP contribution in [0.5, 0.6) is 0 Å². The Kier molecular flexibility index (Phi) is 3.93. The van der Waals surface area contributed by atoms with Gasteiger partial charge in [-0.25, -0.2) is 0 Å². The molecule has 2 unspecified atom stereocenters. The zero-order chi connectivity index (χ0) is 12.3. The van der Waals surface area contributed by atoms with Gasteiger partial charge in [0.1, 0.15) is 0 Å². The van der Waals surface area contributed by atoms with Gasteiger partial charge < -0.3 is 15.3 Å². The van der Waals surface area contributed by atoms with E-state index in [4.69, 9.17) is 10.2 Å². The molecule has 2 aromatic heterocycles. The molecule has 0 saturated heterocycles. The molecule has 0 fully saturated rings. The minimum absolute atomic E-state index is 0.174. The fourth-order valence-corrected chi connectivity index (χ4v) is 2.26. The third-order valence-corrected chi connectivity index (χ3v) is 3.38. The summed E-state index contributed by atoms with van der Waals surface area (Å²) in [5.41, 5.74) is 7.40. The second kappa shape index (κ2) is 5.44. The van der Waals surface area contributed by atoms with Crippen molar-refractivity contribution in [3.63, 3.8) is 0 Å². The lowest BCUT2D eigenvalue weighted by molar-refractivity contribution is 0.145. The van der Waals surface area contributed by atoms with Gasteiger partial charge in [0.25, 0.3) is 0 Å². The van der Waals surface area contributed by atoms with Crippen LogP contribution in [0, 0.1) is 0 Å². The van der Waals surface area contributed by atoms with Gasteiger partial charge >= 0.3 is 0 Å². The van der Waals surface area contributed by atoms with E-state index in [0.717, 1.165) is 5.56 Å². The van der Waals surface area contributed by atoms with Crippen molar-refractivity contribution >= 4 is 15.9 Å². The fraction of sp³-hybridized carbons (Fsp3) is 0.250. The van der Waals surface area contributed by atoms with Crippen LogP contribution >= 0.6 is 15.9 Å². The summed E-state index contributed by atoms with van der Waals surface area (Å²) in [7, 11) is 0. The summed E-state index contributed by atoms with van der Waals surface area (Å²) in [6.45, 7) is 0.350. The molecule has 4 nitrogen and oxygen atoms in total. The summed E-state index contributed by atoms with van der Waals surface area (Å²) in [5.74, 6) is -0.174. The van der Waals surface area contributed by atoms with Crippen molar-refractivity contribution in [3.8, 4) is 0 Å². The van der Waals surface area contributed by atoms with Gasteiger partial charge in [-0.15, -0.1) is 0 Å². The van der Waals surface area contributed by atoms with Crippen LogP contribution in [0.3, 0.4) is 0 Å². The van der Waals surface area contributed by atoms with Crippen molar-refractivity contribution in [2.24, 2.45) is 5.73 Å². The van der Waals surface area contributed by atoms with E-state index in [2.05, 4.69) is 20.9 Å². The van der Waals surface area contributed by atoms with E-state index >= 15 is 0 Å². The van der Waals surface area contributed by atoms with Crippen molar-refractivity contribution in [1.29, 1.82) is 0 Å². The highest BCUT2D eigenvalue weighted by Crippen LogP contribution is 2.34. The zero-order valence-electron chi connectivity index (χ0n) is 9.08.